The minimum absolute atomic E-state index is 0.0498. The minimum Gasteiger partial charge on any atom is -0.493 e. The standard InChI is InChI=1S/C29H29Cl3N2O2/c1-18-15-23-22(21-8-2-3-9-24(21)30)16-20(36-14-12-19-7-4-5-13-33-19)17-27(23)34(29(18)35)28-25(31)10-6-11-26(28)32/h2-3,6,8-11,16-19,33H,4-5,7,12-15H2,1H3. The number of hydrogen-bond donors (Lipinski definition) is 1. The maximum absolute atomic E-state index is 13.6. The summed E-state index contributed by atoms with van der Waals surface area (Å²) in [6.07, 6.45) is 5.16. The number of para-hydroxylation sites is 1. The highest BCUT2D eigenvalue weighted by Crippen LogP contribution is 2.48. The molecule has 4 nitrogen and oxygen atoms in total. The van der Waals surface area contributed by atoms with E-state index in [9.17, 15) is 4.79 Å². The Kier molecular flexibility index (Phi) is 7.78. The third-order valence-corrected chi connectivity index (χ3v) is 8.01. The number of nitrogens with one attached hydrogen (secondary N) is 1. The van der Waals surface area contributed by atoms with Crippen molar-refractivity contribution in [1.29, 1.82) is 0 Å². The van der Waals surface area contributed by atoms with E-state index in [-0.39, 0.29) is 11.8 Å². The van der Waals surface area contributed by atoms with Crippen molar-refractivity contribution < 1.29 is 9.53 Å². The molecule has 0 bridgehead atoms. The van der Waals surface area contributed by atoms with Crippen molar-refractivity contribution in [1.82, 2.24) is 5.32 Å². The zero-order valence-electron chi connectivity index (χ0n) is 20.2. The predicted octanol–water partition coefficient (Wildman–Crippen LogP) is 8.08. The molecule has 0 spiro atoms. The van der Waals surface area contributed by atoms with Crippen LogP contribution in [0, 0.1) is 5.92 Å². The predicted molar refractivity (Wildman–Crippen MR) is 149 cm³/mol. The zero-order chi connectivity index (χ0) is 25.2. The third kappa shape index (κ3) is 5.10. The molecule has 1 saturated heterocycles. The summed E-state index contributed by atoms with van der Waals surface area (Å²) in [5.41, 5.74) is 4.11. The summed E-state index contributed by atoms with van der Waals surface area (Å²) in [5, 5.41) is 5.06. The Balaban J connectivity index is 1.61. The molecule has 0 aliphatic carbocycles. The fourth-order valence-electron chi connectivity index (χ4n) is 5.20. The number of benzene rings is 3. The number of fused-ring (bicyclic) bond motifs is 1. The Morgan fingerprint density at radius 3 is 2.44 bits per heavy atom. The van der Waals surface area contributed by atoms with Gasteiger partial charge in [0.1, 0.15) is 5.75 Å². The highest BCUT2D eigenvalue weighted by Gasteiger charge is 2.35. The van der Waals surface area contributed by atoms with Gasteiger partial charge >= 0.3 is 0 Å². The van der Waals surface area contributed by atoms with Crippen LogP contribution >= 0.6 is 34.8 Å². The summed E-state index contributed by atoms with van der Waals surface area (Å²) >= 11 is 19.8. The van der Waals surface area contributed by atoms with Gasteiger partial charge in [-0.15, -0.1) is 0 Å². The van der Waals surface area contributed by atoms with Crippen molar-refractivity contribution in [3.8, 4) is 16.9 Å². The van der Waals surface area contributed by atoms with Gasteiger partial charge in [0.2, 0.25) is 5.91 Å². The Bertz CT molecular complexity index is 1250. The van der Waals surface area contributed by atoms with Crippen LogP contribution in [-0.4, -0.2) is 25.1 Å². The number of amides is 1. The first-order chi connectivity index (χ1) is 17.4. The van der Waals surface area contributed by atoms with Gasteiger partial charge in [-0.05, 0) is 67.6 Å². The number of hydrogen-bond acceptors (Lipinski definition) is 3. The molecule has 1 fully saturated rings. The van der Waals surface area contributed by atoms with E-state index in [2.05, 4.69) is 5.32 Å². The molecule has 1 N–H and O–H groups in total. The lowest BCUT2D eigenvalue weighted by Crippen LogP contribution is -2.37. The molecule has 1 amide bonds. The number of carbonyl (C=O) groups is 1. The number of anilines is 2. The van der Waals surface area contributed by atoms with Crippen LogP contribution < -0.4 is 15.0 Å². The largest absolute Gasteiger partial charge is 0.493 e. The molecule has 2 unspecified atom stereocenters. The number of halogens is 3. The van der Waals surface area contributed by atoms with Crippen molar-refractivity contribution in [2.45, 2.75) is 45.1 Å². The molecular formula is C29H29Cl3N2O2. The molecule has 5 rings (SSSR count). The summed E-state index contributed by atoms with van der Waals surface area (Å²) in [5.74, 6) is 0.386. The summed E-state index contributed by atoms with van der Waals surface area (Å²) < 4.78 is 6.30. The van der Waals surface area contributed by atoms with Crippen molar-refractivity contribution in [3.05, 3.63) is 75.2 Å². The molecule has 2 aliphatic rings. The Morgan fingerprint density at radius 1 is 0.972 bits per heavy atom. The number of piperidine rings is 1. The second kappa shape index (κ2) is 11.0. The lowest BCUT2D eigenvalue weighted by Gasteiger charge is -2.35. The molecule has 2 atom stereocenters. The van der Waals surface area contributed by atoms with Gasteiger partial charge in [-0.25, -0.2) is 0 Å². The second-order valence-corrected chi connectivity index (χ2v) is 10.8. The topological polar surface area (TPSA) is 41.6 Å². The van der Waals surface area contributed by atoms with Crippen LogP contribution in [0.3, 0.4) is 0 Å². The van der Waals surface area contributed by atoms with Gasteiger partial charge in [0, 0.05) is 28.6 Å². The molecule has 7 heteroatoms. The number of ether oxygens (including phenoxy) is 1. The summed E-state index contributed by atoms with van der Waals surface area (Å²) in [6.45, 7) is 3.57. The average molecular weight is 544 g/mol. The van der Waals surface area contributed by atoms with E-state index in [1.807, 2.05) is 43.3 Å². The summed E-state index contributed by atoms with van der Waals surface area (Å²) in [7, 11) is 0. The van der Waals surface area contributed by atoms with Crippen LogP contribution in [0.1, 0.15) is 38.2 Å². The van der Waals surface area contributed by atoms with Gasteiger partial charge in [-0.2, -0.15) is 0 Å². The molecule has 2 heterocycles. The van der Waals surface area contributed by atoms with E-state index in [1.165, 1.54) is 19.3 Å². The first-order valence-electron chi connectivity index (χ1n) is 12.5. The maximum Gasteiger partial charge on any atom is 0.234 e. The number of carbonyl (C=O) groups excluding carboxylic acids is 1. The molecule has 3 aromatic rings. The van der Waals surface area contributed by atoms with Crippen LogP contribution in [-0.2, 0) is 11.2 Å². The van der Waals surface area contributed by atoms with E-state index in [4.69, 9.17) is 39.5 Å². The highest BCUT2D eigenvalue weighted by molar-refractivity contribution is 6.40. The SMILES string of the molecule is CC1Cc2c(-c3ccccc3Cl)cc(OCCC3CCCCN3)cc2N(c2c(Cl)cccc2Cl)C1=O. The molecule has 36 heavy (non-hydrogen) atoms. The first-order valence-corrected chi connectivity index (χ1v) is 13.6. The van der Waals surface area contributed by atoms with Gasteiger partial charge in [0.25, 0.3) is 0 Å². The number of rotatable bonds is 6. The van der Waals surface area contributed by atoms with Crippen LogP contribution in [0.4, 0.5) is 11.4 Å². The van der Waals surface area contributed by atoms with Crippen LogP contribution in [0.25, 0.3) is 11.1 Å². The fourth-order valence-corrected chi connectivity index (χ4v) is 6.01. The smallest absolute Gasteiger partial charge is 0.234 e. The van der Waals surface area contributed by atoms with Crippen molar-refractivity contribution in [3.63, 3.8) is 0 Å². The summed E-state index contributed by atoms with van der Waals surface area (Å²) in [4.78, 5) is 15.2. The molecule has 2 aliphatic heterocycles. The van der Waals surface area contributed by atoms with Gasteiger partial charge in [-0.3, -0.25) is 9.69 Å². The Hall–Kier alpha value is -2.24. The average Bonchev–Trinajstić information content (AvgIpc) is 2.87. The van der Waals surface area contributed by atoms with E-state index < -0.39 is 0 Å². The minimum atomic E-state index is -0.254. The highest BCUT2D eigenvalue weighted by atomic mass is 35.5. The maximum atomic E-state index is 13.6. The van der Waals surface area contributed by atoms with Crippen molar-refractivity contribution in [2.75, 3.05) is 18.1 Å². The lowest BCUT2D eigenvalue weighted by molar-refractivity contribution is -0.121. The molecular weight excluding hydrogens is 515 g/mol. The monoisotopic (exact) mass is 542 g/mol. The number of nitrogens with zero attached hydrogens (tertiary/aromatic N) is 1. The van der Waals surface area contributed by atoms with Gasteiger partial charge in [0.15, 0.2) is 0 Å². The summed E-state index contributed by atoms with van der Waals surface area (Å²) in [6, 6.07) is 17.5. The molecule has 0 saturated carbocycles. The van der Waals surface area contributed by atoms with Crippen LogP contribution in [0.5, 0.6) is 5.75 Å². The zero-order valence-corrected chi connectivity index (χ0v) is 22.5. The van der Waals surface area contributed by atoms with Crippen LogP contribution in [0.15, 0.2) is 54.6 Å². The van der Waals surface area contributed by atoms with Gasteiger partial charge in [0.05, 0.1) is 28.0 Å². The van der Waals surface area contributed by atoms with E-state index in [0.29, 0.717) is 45.6 Å². The van der Waals surface area contributed by atoms with Gasteiger partial charge in [-0.1, -0.05) is 72.4 Å². The Labute approximate surface area is 227 Å². The molecule has 0 aromatic heterocycles. The normalized spacial score (nSPS) is 19.8. The molecule has 188 valence electrons. The molecule has 3 aromatic carbocycles. The van der Waals surface area contributed by atoms with E-state index >= 15 is 0 Å². The van der Waals surface area contributed by atoms with E-state index in [0.717, 1.165) is 35.3 Å². The second-order valence-electron chi connectivity index (χ2n) is 9.58. The first kappa shape index (κ1) is 25.4. The van der Waals surface area contributed by atoms with Gasteiger partial charge < -0.3 is 10.1 Å². The third-order valence-electron chi connectivity index (χ3n) is 7.07. The van der Waals surface area contributed by atoms with Crippen LogP contribution in [0.2, 0.25) is 15.1 Å². The quantitative estimate of drug-likeness (QED) is 0.342. The fraction of sp³-hybridized carbons (Fsp3) is 0.345. The van der Waals surface area contributed by atoms with Crippen molar-refractivity contribution >= 4 is 52.1 Å². The Morgan fingerprint density at radius 2 is 1.72 bits per heavy atom. The lowest BCUT2D eigenvalue weighted by atomic mass is 9.86. The van der Waals surface area contributed by atoms with Crippen molar-refractivity contribution in [2.24, 2.45) is 5.92 Å². The molecule has 0 radical (unpaired) electrons. The van der Waals surface area contributed by atoms with E-state index in [1.54, 1.807) is 23.1 Å².